The number of methoxy groups -OCH3 is 1. The molecular weight excluding hydrogens is 641 g/mol. The van der Waals surface area contributed by atoms with Crippen molar-refractivity contribution in [1.82, 2.24) is 0 Å². The van der Waals surface area contributed by atoms with E-state index in [0.29, 0.717) is 24.7 Å². The van der Waals surface area contributed by atoms with Gasteiger partial charge in [-0.2, -0.15) is 0 Å². The predicted molar refractivity (Wildman–Crippen MR) is 218 cm³/mol. The maximum Gasteiger partial charge on any atom is 0.333 e. The van der Waals surface area contributed by atoms with Crippen molar-refractivity contribution in [3.63, 3.8) is 0 Å². The topological polar surface area (TPSA) is 54.0 Å². The van der Waals surface area contributed by atoms with E-state index in [9.17, 15) is 4.79 Å². The highest BCUT2D eigenvalue weighted by molar-refractivity contribution is 6.74. The molecule has 0 aliphatic carbocycles. The van der Waals surface area contributed by atoms with Crippen LogP contribution in [0, 0.1) is 5.92 Å². The fourth-order valence-electron chi connectivity index (χ4n) is 4.06. The van der Waals surface area contributed by atoms with Gasteiger partial charge in [0.1, 0.15) is 0 Å². The Morgan fingerprint density at radius 3 is 1.98 bits per heavy atom. The minimum absolute atomic E-state index is 0.0346. The van der Waals surface area contributed by atoms with Crippen LogP contribution in [-0.2, 0) is 23.1 Å². The summed E-state index contributed by atoms with van der Waals surface area (Å²) in [4.78, 5) is 11.8. The van der Waals surface area contributed by atoms with Crippen LogP contribution in [0.3, 0.4) is 0 Å². The molecule has 0 saturated carbocycles. The zero-order valence-corrected chi connectivity index (χ0v) is 36.2. The van der Waals surface area contributed by atoms with E-state index in [4.69, 9.17) is 18.3 Å². The Hall–Kier alpha value is -2.04. The number of rotatable bonds is 22. The van der Waals surface area contributed by atoms with Crippen LogP contribution in [0.4, 0.5) is 0 Å². The molecule has 2 unspecified atom stereocenters. The number of ether oxygens (including phenoxy) is 2. The van der Waals surface area contributed by atoms with Crippen molar-refractivity contribution in [2.75, 3.05) is 26.9 Å². The first-order valence-electron chi connectivity index (χ1n) is 18.3. The summed E-state index contributed by atoms with van der Waals surface area (Å²) in [6, 6.07) is 0. The van der Waals surface area contributed by atoms with Crippen LogP contribution < -0.4 is 0 Å². The van der Waals surface area contributed by atoms with Gasteiger partial charge in [-0.15, -0.1) is 0 Å². The number of carbonyl (C=O) groups excluding carboxylic acids is 1. The van der Waals surface area contributed by atoms with Crippen LogP contribution in [0.1, 0.15) is 101 Å². The third-order valence-electron chi connectivity index (χ3n) is 9.79. The fourth-order valence-corrected chi connectivity index (χ4v) is 6.03. The predicted octanol–water partition coefficient (Wildman–Crippen LogP) is 12.2. The van der Waals surface area contributed by atoms with Gasteiger partial charge in [-0.3, -0.25) is 0 Å². The third-order valence-corrected chi connectivity index (χ3v) is 18.8. The largest absolute Gasteiger partial charge is 0.463 e. The molecule has 0 amide bonds. The molecule has 0 aromatic heterocycles. The van der Waals surface area contributed by atoms with Crippen LogP contribution in [0.25, 0.3) is 0 Å². The highest BCUT2D eigenvalue weighted by Crippen LogP contribution is 2.37. The van der Waals surface area contributed by atoms with Gasteiger partial charge in [0.05, 0.1) is 19.3 Å². The second-order valence-electron chi connectivity index (χ2n) is 16.1. The monoisotopic (exact) mass is 715 g/mol. The third kappa shape index (κ3) is 20.4. The Balaban J connectivity index is 4.95. The molecule has 0 heterocycles. The van der Waals surface area contributed by atoms with E-state index in [2.05, 4.69) is 129 Å². The van der Waals surface area contributed by atoms with Gasteiger partial charge < -0.3 is 18.3 Å². The lowest BCUT2D eigenvalue weighted by Crippen LogP contribution is -2.41. The molecule has 0 radical (unpaired) electrons. The van der Waals surface area contributed by atoms with Gasteiger partial charge in [0.15, 0.2) is 16.6 Å². The Kier molecular flexibility index (Phi) is 22.5. The molecule has 0 fully saturated rings. The average molecular weight is 715 g/mol. The lowest BCUT2D eigenvalue weighted by atomic mass is 10.0. The molecule has 280 valence electrons. The van der Waals surface area contributed by atoms with E-state index in [-0.39, 0.29) is 22.1 Å². The number of hydrogen-bond donors (Lipinski definition) is 0. The molecule has 0 aliphatic heterocycles. The van der Waals surface area contributed by atoms with Gasteiger partial charge in [-0.05, 0) is 106 Å². The minimum atomic E-state index is -1.79. The number of allylic oxidation sites excluding steroid dienone is 9. The average Bonchev–Trinajstić information content (AvgIpc) is 2.99. The minimum Gasteiger partial charge on any atom is -0.463 e. The molecule has 0 N–H and O–H groups in total. The molecule has 0 saturated heterocycles. The number of carbonyl (C=O) groups is 1. The van der Waals surface area contributed by atoms with Crippen LogP contribution in [0.2, 0.25) is 36.3 Å². The molecule has 0 aliphatic rings. The molecule has 0 aromatic rings. The van der Waals surface area contributed by atoms with Gasteiger partial charge in [0.25, 0.3) is 0 Å². The molecule has 0 spiro atoms. The summed E-state index contributed by atoms with van der Waals surface area (Å²) in [7, 11) is -1.86. The van der Waals surface area contributed by atoms with E-state index in [0.717, 1.165) is 44.3 Å². The first kappa shape index (κ1) is 47.0. The number of hydrogen-bond acceptors (Lipinski definition) is 5. The molecule has 2 atom stereocenters. The van der Waals surface area contributed by atoms with Crippen molar-refractivity contribution in [2.45, 2.75) is 144 Å². The summed E-state index contributed by atoms with van der Waals surface area (Å²) in [6.45, 7) is 32.7. The Morgan fingerprint density at radius 2 is 1.39 bits per heavy atom. The molecule has 0 rings (SSSR count). The van der Waals surface area contributed by atoms with E-state index in [1.54, 1.807) is 20.1 Å². The zero-order valence-electron chi connectivity index (χ0n) is 34.2. The smallest absolute Gasteiger partial charge is 0.333 e. The van der Waals surface area contributed by atoms with E-state index in [1.165, 1.54) is 5.57 Å². The summed E-state index contributed by atoms with van der Waals surface area (Å²) >= 11 is 0. The Bertz CT molecular complexity index is 1170. The second kappa shape index (κ2) is 23.4. The Morgan fingerprint density at radius 1 is 0.796 bits per heavy atom. The highest BCUT2D eigenvalue weighted by Gasteiger charge is 2.37. The lowest BCUT2D eigenvalue weighted by molar-refractivity contribution is -0.138. The standard InChI is InChI=1S/C42H74O5Si2/c1-16-45-40(43)37(4)29-28-36(3)39(44-11)26-24-22-20-18-17-19-21-23-25-35(2)27-30-38(31-33-46-48(12,13)41(5,6)7)32-34-47-49(14,15)42(8,9)10/h18,20-24,27-31,35,39H,16-17,19,25-26,32-34H2,1-15H3/b20-18+,23-21+,24-22+,30-27+,36-28+,37-29+,38-31-. The number of esters is 1. The second-order valence-corrected chi connectivity index (χ2v) is 25.7. The van der Waals surface area contributed by atoms with Crippen molar-refractivity contribution in [1.29, 1.82) is 0 Å². The van der Waals surface area contributed by atoms with Gasteiger partial charge >= 0.3 is 5.97 Å². The van der Waals surface area contributed by atoms with Crippen molar-refractivity contribution < 1.29 is 23.1 Å². The number of unbranched alkanes of at least 4 members (excludes halogenated alkanes) is 1. The molecule has 5 nitrogen and oxygen atoms in total. The van der Waals surface area contributed by atoms with Gasteiger partial charge in [-0.1, -0.05) is 115 Å². The first-order chi connectivity index (χ1) is 22.7. The lowest BCUT2D eigenvalue weighted by Gasteiger charge is -2.36. The summed E-state index contributed by atoms with van der Waals surface area (Å²) in [5.74, 6) is 0.169. The van der Waals surface area contributed by atoms with Crippen molar-refractivity contribution in [3.05, 3.63) is 83.6 Å². The summed E-state index contributed by atoms with van der Waals surface area (Å²) in [6.07, 6.45) is 28.4. The summed E-state index contributed by atoms with van der Waals surface area (Å²) < 4.78 is 23.7. The normalized spacial score (nSPS) is 16.1. The maximum absolute atomic E-state index is 11.8. The molecule has 0 aromatic carbocycles. The fraction of sp³-hybridized carbons (Fsp3) is 0.643. The van der Waals surface area contributed by atoms with E-state index >= 15 is 0 Å². The van der Waals surface area contributed by atoms with Crippen molar-refractivity contribution in [3.8, 4) is 0 Å². The van der Waals surface area contributed by atoms with Crippen molar-refractivity contribution in [2.24, 2.45) is 5.92 Å². The quantitative estimate of drug-likeness (QED) is 0.0279. The van der Waals surface area contributed by atoms with Crippen LogP contribution in [0.15, 0.2) is 83.6 Å². The summed E-state index contributed by atoms with van der Waals surface area (Å²) in [5, 5.41) is 0.412. The van der Waals surface area contributed by atoms with Crippen LogP contribution in [-0.4, -0.2) is 55.6 Å². The van der Waals surface area contributed by atoms with Gasteiger partial charge in [0, 0.05) is 19.3 Å². The summed E-state index contributed by atoms with van der Waals surface area (Å²) in [5.41, 5.74) is 2.94. The molecule has 0 bridgehead atoms. The van der Waals surface area contributed by atoms with Crippen LogP contribution >= 0.6 is 0 Å². The van der Waals surface area contributed by atoms with Crippen LogP contribution in [0.5, 0.6) is 0 Å². The maximum atomic E-state index is 11.8. The van der Waals surface area contributed by atoms with Crippen molar-refractivity contribution >= 4 is 22.6 Å². The van der Waals surface area contributed by atoms with E-state index < -0.39 is 16.6 Å². The molecule has 49 heavy (non-hydrogen) atoms. The highest BCUT2D eigenvalue weighted by atomic mass is 28.4. The first-order valence-corrected chi connectivity index (χ1v) is 24.2. The molecular formula is C42H74O5Si2. The van der Waals surface area contributed by atoms with Gasteiger partial charge in [0.2, 0.25) is 0 Å². The SMILES string of the molecule is CCOC(=O)/C(C)=C/C=C(\C)C(C/C=C/C=C/CC/C=C/CC(C)/C=C/C(=C/CO[Si](C)(C)C(C)(C)C)CCO[Si](C)(C)C(C)(C)C)OC. The van der Waals surface area contributed by atoms with Gasteiger partial charge in [-0.25, -0.2) is 4.79 Å². The molecule has 7 heteroatoms. The zero-order chi connectivity index (χ0) is 37.7. The Labute approximate surface area is 304 Å². The van der Waals surface area contributed by atoms with E-state index in [1.807, 2.05) is 19.9 Å².